The van der Waals surface area contributed by atoms with Gasteiger partial charge in [-0.2, -0.15) is 0 Å². The lowest BCUT2D eigenvalue weighted by Gasteiger charge is -2.26. The zero-order valence-corrected chi connectivity index (χ0v) is 31.3. The van der Waals surface area contributed by atoms with E-state index in [0.717, 1.165) is 19.3 Å². The van der Waals surface area contributed by atoms with Crippen LogP contribution in [0.3, 0.4) is 0 Å². The van der Waals surface area contributed by atoms with E-state index in [-0.39, 0.29) is 0 Å². The molecule has 0 aromatic heterocycles. The molecule has 260 valence electrons. The highest BCUT2D eigenvalue weighted by atomic mass is 32.2. The Bertz CT molecular complexity index is 2920. The largest absolute Gasteiger partial charge is 0.0923 e. The molecule has 1 heteroatoms. The van der Waals surface area contributed by atoms with Crippen molar-refractivity contribution in [2.24, 2.45) is 0 Å². The van der Waals surface area contributed by atoms with E-state index < -0.39 is 0 Å². The van der Waals surface area contributed by atoms with Crippen molar-refractivity contribution < 1.29 is 0 Å². The standard InChI is InChI=1S/C54H38S/c1-4-15-35(16-5-1)41-31-48(37-19-8-3-9-20-37)53-51(33-41)52-34-42(36-17-6-2-7-18-36)32-49(54(52)55-53)40-22-14-21-38(29-40)39-27-28-47-45-25-11-10-23-43(45)44-24-12-13-26-46(44)50(47)30-39/h1-6,8-17,19-33,52H,7,18,34H2. The number of allylic oxidation sites excluding steroid dienone is 8. The van der Waals surface area contributed by atoms with Crippen LogP contribution in [0.2, 0.25) is 0 Å². The van der Waals surface area contributed by atoms with Crippen molar-refractivity contribution in [3.63, 3.8) is 0 Å². The smallest absolute Gasteiger partial charge is 0.0237 e. The summed E-state index contributed by atoms with van der Waals surface area (Å²) in [6.07, 6.45) is 12.7. The molecule has 55 heavy (non-hydrogen) atoms. The summed E-state index contributed by atoms with van der Waals surface area (Å²) >= 11 is 2.00. The van der Waals surface area contributed by atoms with Gasteiger partial charge in [-0.25, -0.2) is 0 Å². The predicted molar refractivity (Wildman–Crippen MR) is 236 cm³/mol. The fraction of sp³-hybridized carbons (Fsp3) is 0.0741. The molecule has 1 unspecified atom stereocenters. The van der Waals surface area contributed by atoms with Crippen molar-refractivity contribution in [3.8, 4) is 33.4 Å². The van der Waals surface area contributed by atoms with Crippen LogP contribution in [-0.4, -0.2) is 0 Å². The SMILES string of the molecule is C1=CCCC(C2=CC(c3cccc(-c4ccc5c6ccccc6c6ccccc6c5c4)c3)=C3Sc4c(-c5ccccc5)cc(-c5ccccc5)cc4C3C2)=C1. The van der Waals surface area contributed by atoms with Gasteiger partial charge in [-0.15, -0.1) is 0 Å². The van der Waals surface area contributed by atoms with Crippen molar-refractivity contribution in [1.29, 1.82) is 0 Å². The monoisotopic (exact) mass is 718 g/mol. The molecule has 0 spiro atoms. The highest BCUT2D eigenvalue weighted by Gasteiger charge is 2.37. The summed E-state index contributed by atoms with van der Waals surface area (Å²) < 4.78 is 0. The second-order valence-corrected chi connectivity index (χ2v) is 16.1. The van der Waals surface area contributed by atoms with Gasteiger partial charge < -0.3 is 0 Å². The molecule has 0 saturated carbocycles. The molecule has 0 amide bonds. The average Bonchev–Trinajstić information content (AvgIpc) is 3.65. The van der Waals surface area contributed by atoms with Crippen LogP contribution in [0.5, 0.6) is 0 Å². The van der Waals surface area contributed by atoms with Gasteiger partial charge in [-0.3, -0.25) is 0 Å². The Hall–Kier alpha value is -6.15. The number of fused-ring (bicyclic) bond motifs is 9. The minimum atomic E-state index is 0.303. The molecule has 8 aromatic carbocycles. The summed E-state index contributed by atoms with van der Waals surface area (Å²) in [5, 5.41) is 7.85. The molecular weight excluding hydrogens is 681 g/mol. The first-order valence-electron chi connectivity index (χ1n) is 19.5. The summed E-state index contributed by atoms with van der Waals surface area (Å²) in [6.45, 7) is 0. The van der Waals surface area contributed by atoms with Gasteiger partial charge in [0, 0.05) is 15.7 Å². The van der Waals surface area contributed by atoms with Gasteiger partial charge in [0.05, 0.1) is 0 Å². The van der Waals surface area contributed by atoms with E-state index >= 15 is 0 Å². The van der Waals surface area contributed by atoms with Crippen molar-refractivity contribution in [1.82, 2.24) is 0 Å². The van der Waals surface area contributed by atoms with Crippen LogP contribution in [0.1, 0.15) is 36.3 Å². The molecule has 1 aliphatic heterocycles. The zero-order chi connectivity index (χ0) is 36.3. The zero-order valence-electron chi connectivity index (χ0n) is 30.5. The molecule has 3 aliphatic rings. The Kier molecular flexibility index (Phi) is 7.81. The van der Waals surface area contributed by atoms with E-state index in [1.165, 1.54) is 103 Å². The first-order valence-corrected chi connectivity index (χ1v) is 20.3. The average molecular weight is 719 g/mol. The lowest BCUT2D eigenvalue weighted by atomic mass is 9.78. The fourth-order valence-electron chi connectivity index (χ4n) is 9.22. The van der Waals surface area contributed by atoms with E-state index in [9.17, 15) is 0 Å². The topological polar surface area (TPSA) is 0 Å². The highest BCUT2D eigenvalue weighted by molar-refractivity contribution is 8.03. The third kappa shape index (κ3) is 5.53. The van der Waals surface area contributed by atoms with Gasteiger partial charge in [-0.05, 0) is 137 Å². The maximum atomic E-state index is 2.54. The Balaban J connectivity index is 1.09. The van der Waals surface area contributed by atoms with E-state index in [4.69, 9.17) is 0 Å². The normalized spacial score (nSPS) is 16.3. The summed E-state index contributed by atoms with van der Waals surface area (Å²) in [6, 6.07) is 60.9. The van der Waals surface area contributed by atoms with Crippen LogP contribution in [0, 0.1) is 0 Å². The quantitative estimate of drug-likeness (QED) is 0.160. The first-order chi connectivity index (χ1) is 27.3. The van der Waals surface area contributed by atoms with Gasteiger partial charge in [0.15, 0.2) is 0 Å². The van der Waals surface area contributed by atoms with Crippen LogP contribution in [0.4, 0.5) is 0 Å². The molecule has 2 aliphatic carbocycles. The minimum absolute atomic E-state index is 0.303. The van der Waals surface area contributed by atoms with Crippen molar-refractivity contribution in [2.75, 3.05) is 0 Å². The number of benzene rings is 8. The molecule has 0 saturated heterocycles. The summed E-state index contributed by atoms with van der Waals surface area (Å²) in [4.78, 5) is 2.88. The summed E-state index contributed by atoms with van der Waals surface area (Å²) in [5.74, 6) is 0.303. The molecule has 0 fully saturated rings. The van der Waals surface area contributed by atoms with Crippen LogP contribution >= 0.6 is 11.8 Å². The number of hydrogen-bond acceptors (Lipinski definition) is 1. The van der Waals surface area contributed by atoms with Crippen LogP contribution in [0.25, 0.3) is 71.3 Å². The third-order valence-electron chi connectivity index (χ3n) is 11.9. The molecule has 11 rings (SSSR count). The Morgan fingerprint density at radius 3 is 1.78 bits per heavy atom. The van der Waals surface area contributed by atoms with Gasteiger partial charge in [0.1, 0.15) is 0 Å². The number of rotatable bonds is 5. The van der Waals surface area contributed by atoms with Gasteiger partial charge in [0.2, 0.25) is 0 Å². The van der Waals surface area contributed by atoms with Crippen molar-refractivity contribution >= 4 is 49.7 Å². The molecule has 1 atom stereocenters. The minimum Gasteiger partial charge on any atom is -0.0923 e. The fourth-order valence-corrected chi connectivity index (χ4v) is 10.7. The summed E-state index contributed by atoms with van der Waals surface area (Å²) in [5.41, 5.74) is 14.7. The maximum absolute atomic E-state index is 2.54. The molecule has 0 radical (unpaired) electrons. The second kappa shape index (κ2) is 13.3. The van der Waals surface area contributed by atoms with Crippen molar-refractivity contribution in [2.45, 2.75) is 30.1 Å². The van der Waals surface area contributed by atoms with Crippen LogP contribution in [0.15, 0.2) is 209 Å². The Morgan fingerprint density at radius 2 is 1.07 bits per heavy atom. The molecule has 0 bridgehead atoms. The highest BCUT2D eigenvalue weighted by Crippen LogP contribution is 2.60. The molecule has 1 heterocycles. The van der Waals surface area contributed by atoms with Crippen molar-refractivity contribution in [3.05, 3.63) is 215 Å². The first kappa shape index (κ1) is 32.3. The van der Waals surface area contributed by atoms with Gasteiger partial charge in [0.25, 0.3) is 0 Å². The lowest BCUT2D eigenvalue weighted by molar-refractivity contribution is 0.793. The number of thioether (sulfide) groups is 1. The maximum Gasteiger partial charge on any atom is 0.0237 e. The molecule has 8 aromatic rings. The number of hydrogen-bond donors (Lipinski definition) is 0. The van der Waals surface area contributed by atoms with Gasteiger partial charge in [-0.1, -0.05) is 176 Å². The van der Waals surface area contributed by atoms with Gasteiger partial charge >= 0.3 is 0 Å². The second-order valence-electron chi connectivity index (χ2n) is 15.1. The molecule has 0 nitrogen and oxygen atoms in total. The van der Waals surface area contributed by atoms with E-state index in [2.05, 4.69) is 188 Å². The Labute approximate surface area is 326 Å². The van der Waals surface area contributed by atoms with Crippen LogP contribution in [-0.2, 0) is 0 Å². The van der Waals surface area contributed by atoms with E-state index in [0.29, 0.717) is 5.92 Å². The molecule has 0 N–H and O–H groups in total. The lowest BCUT2D eigenvalue weighted by Crippen LogP contribution is -2.08. The van der Waals surface area contributed by atoms with E-state index in [1.54, 1.807) is 0 Å². The molecular formula is C54H38S. The Morgan fingerprint density at radius 1 is 0.455 bits per heavy atom. The van der Waals surface area contributed by atoms with E-state index in [1.807, 2.05) is 11.8 Å². The summed E-state index contributed by atoms with van der Waals surface area (Å²) in [7, 11) is 0. The third-order valence-corrected chi connectivity index (χ3v) is 13.3. The predicted octanol–water partition coefficient (Wildman–Crippen LogP) is 15.4. The van der Waals surface area contributed by atoms with Crippen LogP contribution < -0.4 is 0 Å².